The van der Waals surface area contributed by atoms with E-state index >= 15 is 0 Å². The number of rotatable bonds is 5. The summed E-state index contributed by atoms with van der Waals surface area (Å²) in [5.41, 5.74) is 1.90. The van der Waals surface area contributed by atoms with Gasteiger partial charge in [-0.1, -0.05) is 19.9 Å². The lowest BCUT2D eigenvalue weighted by Gasteiger charge is -2.18. The number of nitrogens with zero attached hydrogens (tertiary/aromatic N) is 1. The fraction of sp³-hybridized carbons (Fsp3) is 0.278. The maximum Gasteiger partial charge on any atom is 0.172 e. The van der Waals surface area contributed by atoms with Crippen molar-refractivity contribution in [1.29, 1.82) is 0 Å². The number of hydrogen-bond donors (Lipinski definition) is 0. The Bertz CT molecular complexity index is 667. The van der Waals surface area contributed by atoms with Crippen LogP contribution in [-0.4, -0.2) is 19.2 Å². The maximum absolute atomic E-state index is 14.7. The molecule has 0 saturated carbocycles. The van der Waals surface area contributed by atoms with Crippen LogP contribution in [0.4, 0.5) is 4.39 Å². The summed E-state index contributed by atoms with van der Waals surface area (Å²) in [6.07, 6.45) is 5.12. The molecule has 1 aromatic carbocycles. The first-order chi connectivity index (χ1) is 10.6. The smallest absolute Gasteiger partial charge is 0.172 e. The van der Waals surface area contributed by atoms with Crippen molar-refractivity contribution < 1.29 is 13.9 Å². The fourth-order valence-electron chi connectivity index (χ4n) is 2.33. The Morgan fingerprint density at radius 2 is 1.91 bits per heavy atom. The van der Waals surface area contributed by atoms with Crippen LogP contribution in [0, 0.1) is 5.82 Å². The number of ether oxygens (including phenoxy) is 2. The molecule has 0 saturated heterocycles. The summed E-state index contributed by atoms with van der Waals surface area (Å²) in [6.45, 7) is 3.95. The molecule has 0 aliphatic carbocycles. The quantitative estimate of drug-likeness (QED) is 0.813. The summed E-state index contributed by atoms with van der Waals surface area (Å²) >= 11 is 0. The number of benzene rings is 1. The second-order valence-corrected chi connectivity index (χ2v) is 5.17. The van der Waals surface area contributed by atoms with E-state index in [1.807, 2.05) is 32.0 Å². The highest BCUT2D eigenvalue weighted by atomic mass is 19.1. The molecule has 4 heteroatoms. The minimum absolute atomic E-state index is 0.0909. The first-order valence-corrected chi connectivity index (χ1v) is 7.12. The van der Waals surface area contributed by atoms with E-state index in [-0.39, 0.29) is 17.5 Å². The third kappa shape index (κ3) is 3.27. The Morgan fingerprint density at radius 1 is 1.14 bits per heavy atom. The van der Waals surface area contributed by atoms with Gasteiger partial charge < -0.3 is 9.47 Å². The number of methoxy groups -OCH3 is 2. The first-order valence-electron chi connectivity index (χ1n) is 7.12. The van der Waals surface area contributed by atoms with Gasteiger partial charge in [-0.25, -0.2) is 4.39 Å². The highest BCUT2D eigenvalue weighted by Gasteiger charge is 2.20. The molecule has 116 valence electrons. The molecule has 0 bridgehead atoms. The molecular formula is C18H20FNO2. The Hall–Kier alpha value is -2.36. The van der Waals surface area contributed by atoms with Gasteiger partial charge in [-0.05, 0) is 36.3 Å². The van der Waals surface area contributed by atoms with Gasteiger partial charge in [0.2, 0.25) is 0 Å². The van der Waals surface area contributed by atoms with Gasteiger partial charge in [-0.15, -0.1) is 0 Å². The summed E-state index contributed by atoms with van der Waals surface area (Å²) in [5.74, 6) is 0.552. The molecular weight excluding hydrogens is 281 g/mol. The zero-order valence-electron chi connectivity index (χ0n) is 13.3. The van der Waals surface area contributed by atoms with Crippen LogP contribution in [0.1, 0.15) is 36.6 Å². The van der Waals surface area contributed by atoms with Gasteiger partial charge in [0.1, 0.15) is 5.75 Å². The van der Waals surface area contributed by atoms with E-state index in [4.69, 9.17) is 9.47 Å². The minimum Gasteiger partial charge on any atom is -0.496 e. The molecule has 2 aromatic rings. The Labute approximate surface area is 130 Å². The second kappa shape index (κ2) is 7.07. The molecule has 0 fully saturated rings. The van der Waals surface area contributed by atoms with Crippen molar-refractivity contribution in [3.63, 3.8) is 0 Å². The molecule has 1 aromatic heterocycles. The van der Waals surface area contributed by atoms with Crippen LogP contribution in [-0.2, 0) is 0 Å². The Kier molecular flexibility index (Phi) is 5.15. The molecule has 0 amide bonds. The molecule has 0 aliphatic rings. The lowest BCUT2D eigenvalue weighted by atomic mass is 9.97. The fourth-order valence-corrected chi connectivity index (χ4v) is 2.33. The zero-order valence-corrected chi connectivity index (χ0v) is 13.3. The van der Waals surface area contributed by atoms with E-state index in [1.54, 1.807) is 31.5 Å². The molecule has 22 heavy (non-hydrogen) atoms. The van der Waals surface area contributed by atoms with Crippen LogP contribution in [0.3, 0.4) is 0 Å². The molecule has 3 nitrogen and oxygen atoms in total. The number of hydrogen-bond acceptors (Lipinski definition) is 3. The predicted molar refractivity (Wildman–Crippen MR) is 86.8 cm³/mol. The van der Waals surface area contributed by atoms with Crippen molar-refractivity contribution in [1.82, 2.24) is 4.98 Å². The predicted octanol–water partition coefficient (Wildman–Crippen LogP) is 4.53. The topological polar surface area (TPSA) is 31.4 Å². The van der Waals surface area contributed by atoms with Crippen molar-refractivity contribution in [2.24, 2.45) is 0 Å². The molecule has 0 aliphatic heterocycles. The van der Waals surface area contributed by atoms with E-state index in [9.17, 15) is 4.39 Å². The molecule has 1 heterocycles. The van der Waals surface area contributed by atoms with E-state index in [0.29, 0.717) is 11.3 Å². The maximum atomic E-state index is 14.7. The van der Waals surface area contributed by atoms with Crippen LogP contribution in [0.2, 0.25) is 0 Å². The van der Waals surface area contributed by atoms with Crippen molar-refractivity contribution in [3.05, 3.63) is 53.1 Å². The average molecular weight is 301 g/mol. The van der Waals surface area contributed by atoms with Gasteiger partial charge >= 0.3 is 0 Å². The number of aromatic nitrogens is 1. The highest BCUT2D eigenvalue weighted by molar-refractivity contribution is 5.71. The number of pyridine rings is 1. The molecule has 2 rings (SSSR count). The van der Waals surface area contributed by atoms with Gasteiger partial charge in [-0.2, -0.15) is 0 Å². The van der Waals surface area contributed by atoms with E-state index in [0.717, 1.165) is 11.3 Å². The molecule has 0 atom stereocenters. The van der Waals surface area contributed by atoms with Crippen LogP contribution in [0.5, 0.6) is 11.5 Å². The number of halogens is 1. The Morgan fingerprint density at radius 3 is 2.45 bits per heavy atom. The summed E-state index contributed by atoms with van der Waals surface area (Å²) in [4.78, 5) is 4.18. The van der Waals surface area contributed by atoms with Crippen LogP contribution >= 0.6 is 0 Å². The summed E-state index contributed by atoms with van der Waals surface area (Å²) < 4.78 is 25.3. The van der Waals surface area contributed by atoms with Crippen LogP contribution in [0.25, 0.3) is 12.2 Å². The minimum atomic E-state index is -0.390. The summed E-state index contributed by atoms with van der Waals surface area (Å²) in [5, 5.41) is 0. The highest BCUT2D eigenvalue weighted by Crippen LogP contribution is 2.39. The largest absolute Gasteiger partial charge is 0.496 e. The second-order valence-electron chi connectivity index (χ2n) is 5.17. The van der Waals surface area contributed by atoms with E-state index in [1.165, 1.54) is 7.11 Å². The molecule has 0 unspecified atom stereocenters. The van der Waals surface area contributed by atoms with E-state index in [2.05, 4.69) is 4.98 Å². The Balaban J connectivity index is 2.51. The van der Waals surface area contributed by atoms with Crippen LogP contribution < -0.4 is 9.47 Å². The molecule has 0 radical (unpaired) electrons. The summed E-state index contributed by atoms with van der Waals surface area (Å²) in [6, 6.07) is 7.26. The lowest BCUT2D eigenvalue weighted by molar-refractivity contribution is 0.362. The van der Waals surface area contributed by atoms with E-state index < -0.39 is 0 Å². The summed E-state index contributed by atoms with van der Waals surface area (Å²) in [7, 11) is 3.04. The van der Waals surface area contributed by atoms with Crippen molar-refractivity contribution in [2.75, 3.05) is 14.2 Å². The van der Waals surface area contributed by atoms with Gasteiger partial charge in [0.25, 0.3) is 0 Å². The molecule has 0 spiro atoms. The third-order valence-electron chi connectivity index (χ3n) is 3.37. The van der Waals surface area contributed by atoms with Crippen molar-refractivity contribution >= 4 is 12.2 Å². The lowest BCUT2D eigenvalue weighted by Crippen LogP contribution is -2.03. The van der Waals surface area contributed by atoms with Crippen molar-refractivity contribution in [3.8, 4) is 11.5 Å². The first kappa shape index (κ1) is 16.0. The van der Waals surface area contributed by atoms with Gasteiger partial charge in [0.05, 0.1) is 19.9 Å². The van der Waals surface area contributed by atoms with Crippen LogP contribution in [0.15, 0.2) is 30.5 Å². The van der Waals surface area contributed by atoms with Crippen molar-refractivity contribution in [2.45, 2.75) is 19.8 Å². The average Bonchev–Trinajstić information content (AvgIpc) is 2.53. The van der Waals surface area contributed by atoms with Gasteiger partial charge in [-0.3, -0.25) is 4.98 Å². The zero-order chi connectivity index (χ0) is 16.1. The van der Waals surface area contributed by atoms with Gasteiger partial charge in [0.15, 0.2) is 11.6 Å². The monoisotopic (exact) mass is 301 g/mol. The normalized spacial score (nSPS) is 11.2. The standard InChI is InChI=1S/C18H20FNO2/c1-12(2)16-15(21-3)11-13(17(19)18(16)22-4)8-9-14-7-5-6-10-20-14/h5-12H,1-4H3/b9-8+. The van der Waals surface area contributed by atoms with Gasteiger partial charge in [0, 0.05) is 17.3 Å². The molecule has 0 N–H and O–H groups in total. The SMILES string of the molecule is COc1cc(/C=C/c2ccccn2)c(F)c(OC)c1C(C)C. The third-order valence-corrected chi connectivity index (χ3v) is 3.37.